The molecule has 0 fully saturated rings. The SMILES string of the molecule is CC(C)/C(C(=O)c1ccccc1)=C1\OC(=O)c2ccccc21. The molecule has 0 unspecified atom stereocenters. The molecule has 3 heteroatoms. The molecule has 0 N–H and O–H groups in total. The monoisotopic (exact) mass is 292 g/mol. The number of ketones is 1. The maximum atomic E-state index is 12.8. The van der Waals surface area contributed by atoms with Crippen molar-refractivity contribution in [2.45, 2.75) is 13.8 Å². The molecule has 3 nitrogen and oxygen atoms in total. The lowest BCUT2D eigenvalue weighted by molar-refractivity contribution is 0.0713. The predicted molar refractivity (Wildman–Crippen MR) is 84.4 cm³/mol. The van der Waals surface area contributed by atoms with E-state index < -0.39 is 5.97 Å². The molecule has 0 aliphatic carbocycles. The second kappa shape index (κ2) is 5.60. The summed E-state index contributed by atoms with van der Waals surface area (Å²) in [6.07, 6.45) is 0. The maximum absolute atomic E-state index is 12.8. The van der Waals surface area contributed by atoms with Crippen molar-refractivity contribution < 1.29 is 14.3 Å². The fourth-order valence-corrected chi connectivity index (χ4v) is 2.63. The molecule has 0 bridgehead atoms. The third-order valence-electron chi connectivity index (χ3n) is 3.69. The summed E-state index contributed by atoms with van der Waals surface area (Å²) in [7, 11) is 0. The lowest BCUT2D eigenvalue weighted by atomic mass is 9.91. The van der Waals surface area contributed by atoms with E-state index in [-0.39, 0.29) is 11.7 Å². The smallest absolute Gasteiger partial charge is 0.344 e. The predicted octanol–water partition coefficient (Wildman–Crippen LogP) is 4.11. The zero-order valence-electron chi connectivity index (χ0n) is 12.5. The Balaban J connectivity index is 2.17. The van der Waals surface area contributed by atoms with E-state index in [2.05, 4.69) is 0 Å². The van der Waals surface area contributed by atoms with Crippen LogP contribution in [-0.4, -0.2) is 11.8 Å². The molecule has 110 valence electrons. The zero-order valence-corrected chi connectivity index (χ0v) is 12.5. The van der Waals surface area contributed by atoms with Gasteiger partial charge in [0.2, 0.25) is 0 Å². The van der Waals surface area contributed by atoms with Gasteiger partial charge in [-0.1, -0.05) is 62.4 Å². The van der Waals surface area contributed by atoms with Crippen molar-refractivity contribution in [1.82, 2.24) is 0 Å². The Morgan fingerprint density at radius 1 is 0.909 bits per heavy atom. The van der Waals surface area contributed by atoms with Crippen molar-refractivity contribution in [2.24, 2.45) is 5.92 Å². The van der Waals surface area contributed by atoms with Crippen LogP contribution in [0.5, 0.6) is 0 Å². The Hall–Kier alpha value is -2.68. The summed E-state index contributed by atoms with van der Waals surface area (Å²) >= 11 is 0. The molecule has 22 heavy (non-hydrogen) atoms. The number of carbonyl (C=O) groups excluding carboxylic acids is 2. The number of rotatable bonds is 3. The Bertz CT molecular complexity index is 770. The average molecular weight is 292 g/mol. The largest absolute Gasteiger partial charge is 0.422 e. The van der Waals surface area contributed by atoms with E-state index in [1.807, 2.05) is 44.2 Å². The highest BCUT2D eigenvalue weighted by atomic mass is 16.5. The number of carbonyl (C=O) groups is 2. The lowest BCUT2D eigenvalue weighted by Gasteiger charge is -2.13. The number of hydrogen-bond donors (Lipinski definition) is 0. The van der Waals surface area contributed by atoms with Crippen molar-refractivity contribution in [1.29, 1.82) is 0 Å². The second-order valence-corrected chi connectivity index (χ2v) is 5.53. The van der Waals surface area contributed by atoms with Gasteiger partial charge in [0.15, 0.2) is 5.78 Å². The molecular formula is C19H16O3. The van der Waals surface area contributed by atoms with E-state index >= 15 is 0 Å². The summed E-state index contributed by atoms with van der Waals surface area (Å²) in [5.74, 6) is -0.161. The van der Waals surface area contributed by atoms with E-state index in [9.17, 15) is 9.59 Å². The molecule has 0 saturated carbocycles. The molecule has 3 rings (SSSR count). The number of esters is 1. The summed E-state index contributed by atoms with van der Waals surface area (Å²) in [5, 5.41) is 0. The highest BCUT2D eigenvalue weighted by molar-refractivity contribution is 6.16. The highest BCUT2D eigenvalue weighted by Crippen LogP contribution is 2.35. The van der Waals surface area contributed by atoms with Crippen LogP contribution in [0.4, 0.5) is 0 Å². The van der Waals surface area contributed by atoms with E-state index in [0.717, 1.165) is 0 Å². The quantitative estimate of drug-likeness (QED) is 0.486. The minimum absolute atomic E-state index is 0.0540. The van der Waals surface area contributed by atoms with Gasteiger partial charge >= 0.3 is 5.97 Å². The summed E-state index contributed by atoms with van der Waals surface area (Å²) in [6.45, 7) is 3.86. The van der Waals surface area contributed by atoms with Gasteiger partial charge in [0.1, 0.15) is 5.76 Å². The number of allylic oxidation sites excluding steroid dienone is 1. The van der Waals surface area contributed by atoms with Gasteiger partial charge < -0.3 is 4.74 Å². The Labute approximate surface area is 129 Å². The van der Waals surface area contributed by atoms with E-state index in [1.165, 1.54) is 0 Å². The van der Waals surface area contributed by atoms with Gasteiger partial charge in [0.05, 0.1) is 5.56 Å². The van der Waals surface area contributed by atoms with Gasteiger partial charge in [-0.05, 0) is 12.0 Å². The van der Waals surface area contributed by atoms with Crippen LogP contribution in [0.1, 0.15) is 40.1 Å². The van der Waals surface area contributed by atoms with Gasteiger partial charge in [-0.2, -0.15) is 0 Å². The summed E-state index contributed by atoms with van der Waals surface area (Å²) in [6, 6.07) is 16.2. The molecule has 0 saturated heterocycles. The molecule has 1 aliphatic heterocycles. The first-order valence-corrected chi connectivity index (χ1v) is 7.25. The lowest BCUT2D eigenvalue weighted by Crippen LogP contribution is -2.12. The number of cyclic esters (lactones) is 1. The Morgan fingerprint density at radius 3 is 2.14 bits per heavy atom. The van der Waals surface area contributed by atoms with Gasteiger partial charge in [-0.3, -0.25) is 4.79 Å². The summed E-state index contributed by atoms with van der Waals surface area (Å²) < 4.78 is 5.42. The minimum atomic E-state index is -0.399. The number of benzene rings is 2. The van der Waals surface area contributed by atoms with Gasteiger partial charge in [-0.25, -0.2) is 4.79 Å². The summed E-state index contributed by atoms with van der Waals surface area (Å²) in [4.78, 5) is 24.8. The van der Waals surface area contributed by atoms with Gasteiger partial charge in [-0.15, -0.1) is 0 Å². The maximum Gasteiger partial charge on any atom is 0.344 e. The first-order valence-electron chi connectivity index (χ1n) is 7.25. The van der Waals surface area contributed by atoms with Gasteiger partial charge in [0, 0.05) is 16.7 Å². The van der Waals surface area contributed by atoms with Crippen molar-refractivity contribution in [3.05, 3.63) is 76.9 Å². The van der Waals surface area contributed by atoms with Crippen molar-refractivity contribution in [3.8, 4) is 0 Å². The van der Waals surface area contributed by atoms with Gasteiger partial charge in [0.25, 0.3) is 0 Å². The molecule has 1 aliphatic rings. The normalized spacial score (nSPS) is 15.5. The number of hydrogen-bond acceptors (Lipinski definition) is 3. The average Bonchev–Trinajstić information content (AvgIpc) is 2.85. The van der Waals surface area contributed by atoms with Crippen LogP contribution in [-0.2, 0) is 4.74 Å². The molecule has 2 aromatic rings. The van der Waals surface area contributed by atoms with Crippen molar-refractivity contribution in [3.63, 3.8) is 0 Å². The fraction of sp³-hybridized carbons (Fsp3) is 0.158. The molecular weight excluding hydrogens is 276 g/mol. The van der Waals surface area contributed by atoms with Crippen LogP contribution < -0.4 is 0 Å². The topological polar surface area (TPSA) is 43.4 Å². The molecule has 0 spiro atoms. The third kappa shape index (κ3) is 2.35. The molecule has 2 aromatic carbocycles. The molecule has 1 heterocycles. The van der Waals surface area contributed by atoms with E-state index in [1.54, 1.807) is 24.3 Å². The zero-order chi connectivity index (χ0) is 15.7. The number of ether oxygens (including phenoxy) is 1. The first-order chi connectivity index (χ1) is 10.6. The second-order valence-electron chi connectivity index (χ2n) is 5.53. The van der Waals surface area contributed by atoms with Crippen LogP contribution in [0.2, 0.25) is 0 Å². The number of fused-ring (bicyclic) bond motifs is 1. The highest BCUT2D eigenvalue weighted by Gasteiger charge is 2.32. The fourth-order valence-electron chi connectivity index (χ4n) is 2.63. The van der Waals surface area contributed by atoms with Crippen LogP contribution in [0.15, 0.2) is 60.2 Å². The molecule has 0 aromatic heterocycles. The van der Waals surface area contributed by atoms with Crippen molar-refractivity contribution in [2.75, 3.05) is 0 Å². The third-order valence-corrected chi connectivity index (χ3v) is 3.69. The minimum Gasteiger partial charge on any atom is -0.422 e. The van der Waals surface area contributed by atoms with E-state index in [4.69, 9.17) is 4.74 Å². The molecule has 0 amide bonds. The summed E-state index contributed by atoms with van der Waals surface area (Å²) in [5.41, 5.74) is 2.33. The Kier molecular flexibility index (Phi) is 3.63. The van der Waals surface area contributed by atoms with Crippen LogP contribution >= 0.6 is 0 Å². The first kappa shape index (κ1) is 14.3. The standard InChI is InChI=1S/C19H16O3/c1-12(2)16(17(20)13-8-4-3-5-9-13)18-14-10-6-7-11-15(14)19(21)22-18/h3-12H,1-2H3/b18-16+. The molecule has 0 radical (unpaired) electrons. The van der Waals surface area contributed by atoms with Crippen LogP contribution in [0, 0.1) is 5.92 Å². The number of Topliss-reactive ketones (excluding diaryl/α,β-unsaturated/α-hetero) is 1. The Morgan fingerprint density at radius 2 is 1.50 bits per heavy atom. The van der Waals surface area contributed by atoms with Crippen molar-refractivity contribution >= 4 is 17.5 Å². The van der Waals surface area contributed by atoms with Crippen LogP contribution in [0.3, 0.4) is 0 Å². The molecule has 0 atom stereocenters. The van der Waals surface area contributed by atoms with Crippen LogP contribution in [0.25, 0.3) is 5.76 Å². The van der Waals surface area contributed by atoms with E-state index in [0.29, 0.717) is 28.0 Å².